The van der Waals surface area contributed by atoms with Gasteiger partial charge < -0.3 is 9.84 Å². The Morgan fingerprint density at radius 3 is 2.72 bits per heavy atom. The fraction of sp³-hybridized carbons (Fsp3) is 0.400. The summed E-state index contributed by atoms with van der Waals surface area (Å²) in [6.07, 6.45) is 3.79. The van der Waals surface area contributed by atoms with E-state index in [2.05, 4.69) is 12.1 Å². The number of benzene rings is 1. The van der Waals surface area contributed by atoms with Crippen molar-refractivity contribution in [1.29, 1.82) is 0 Å². The largest absolute Gasteiger partial charge is 0.496 e. The van der Waals surface area contributed by atoms with E-state index in [-0.39, 0.29) is 6.42 Å². The Labute approximate surface area is 108 Å². The number of hydrogen-bond acceptors (Lipinski definition) is 2. The maximum atomic E-state index is 10.4. The highest BCUT2D eigenvalue weighted by Crippen LogP contribution is 2.23. The molecular weight excluding hydrogens is 228 g/mol. The molecule has 0 heterocycles. The first-order chi connectivity index (χ1) is 8.54. The summed E-state index contributed by atoms with van der Waals surface area (Å²) in [5.74, 6) is 0.152. The lowest BCUT2D eigenvalue weighted by atomic mass is 10.0. The molecule has 0 unspecified atom stereocenters. The quantitative estimate of drug-likeness (QED) is 0.781. The number of ether oxygens (including phenoxy) is 1. The summed E-state index contributed by atoms with van der Waals surface area (Å²) >= 11 is 0. The lowest BCUT2D eigenvalue weighted by Crippen LogP contribution is -1.93. The second-order valence-corrected chi connectivity index (χ2v) is 4.36. The Kier molecular flexibility index (Phi) is 5.43. The van der Waals surface area contributed by atoms with Crippen LogP contribution < -0.4 is 4.74 Å². The van der Waals surface area contributed by atoms with Crippen molar-refractivity contribution in [2.75, 3.05) is 7.11 Å². The first-order valence-electron chi connectivity index (χ1n) is 6.08. The molecule has 0 radical (unpaired) electrons. The van der Waals surface area contributed by atoms with E-state index in [0.29, 0.717) is 6.42 Å². The number of allylic oxidation sites excluding steroid dienone is 2. The van der Waals surface area contributed by atoms with Gasteiger partial charge in [0.05, 0.1) is 7.11 Å². The highest BCUT2D eigenvalue weighted by Gasteiger charge is 2.01. The highest BCUT2D eigenvalue weighted by atomic mass is 16.5. The summed E-state index contributed by atoms with van der Waals surface area (Å²) < 4.78 is 5.22. The normalized spacial score (nSPS) is 11.4. The topological polar surface area (TPSA) is 46.5 Å². The zero-order valence-electron chi connectivity index (χ0n) is 11.2. The van der Waals surface area contributed by atoms with E-state index in [9.17, 15) is 4.79 Å². The van der Waals surface area contributed by atoms with Gasteiger partial charge in [0.15, 0.2) is 0 Å². The van der Waals surface area contributed by atoms with Gasteiger partial charge in [-0.25, -0.2) is 0 Å². The molecule has 0 aromatic heterocycles. The van der Waals surface area contributed by atoms with Crippen LogP contribution in [0.3, 0.4) is 0 Å². The van der Waals surface area contributed by atoms with Crippen LogP contribution in [0.1, 0.15) is 37.3 Å². The van der Waals surface area contributed by atoms with Crippen LogP contribution in [0.4, 0.5) is 0 Å². The van der Waals surface area contributed by atoms with Crippen molar-refractivity contribution in [2.24, 2.45) is 0 Å². The van der Waals surface area contributed by atoms with Gasteiger partial charge in [-0.3, -0.25) is 4.79 Å². The van der Waals surface area contributed by atoms with Crippen LogP contribution in [0.5, 0.6) is 5.75 Å². The van der Waals surface area contributed by atoms with E-state index in [1.54, 1.807) is 7.11 Å². The van der Waals surface area contributed by atoms with Crippen molar-refractivity contribution in [2.45, 2.75) is 33.1 Å². The number of carboxylic acid groups (broad SMARTS) is 1. The van der Waals surface area contributed by atoms with Crippen LogP contribution in [0.2, 0.25) is 0 Å². The van der Waals surface area contributed by atoms with Crippen LogP contribution in [0.25, 0.3) is 5.57 Å². The maximum absolute atomic E-state index is 10.4. The predicted molar refractivity (Wildman–Crippen MR) is 72.9 cm³/mol. The molecule has 0 aliphatic rings. The Morgan fingerprint density at radius 2 is 2.17 bits per heavy atom. The third-order valence-corrected chi connectivity index (χ3v) is 2.90. The molecule has 0 fully saturated rings. The zero-order valence-corrected chi connectivity index (χ0v) is 11.2. The number of rotatable bonds is 6. The molecule has 0 saturated carbocycles. The second kappa shape index (κ2) is 6.84. The molecule has 98 valence electrons. The molecule has 18 heavy (non-hydrogen) atoms. The van der Waals surface area contributed by atoms with E-state index < -0.39 is 5.97 Å². The summed E-state index contributed by atoms with van der Waals surface area (Å²) in [7, 11) is 1.66. The lowest BCUT2D eigenvalue weighted by Gasteiger charge is -2.07. The molecule has 1 rings (SSSR count). The molecule has 3 heteroatoms. The van der Waals surface area contributed by atoms with Gasteiger partial charge in [0, 0.05) is 6.42 Å². The predicted octanol–water partition coefficient (Wildman–Crippen LogP) is 3.66. The van der Waals surface area contributed by atoms with Gasteiger partial charge in [0.2, 0.25) is 0 Å². The molecule has 0 bridgehead atoms. The lowest BCUT2D eigenvalue weighted by molar-refractivity contribution is -0.137. The number of carboxylic acids is 1. The summed E-state index contributed by atoms with van der Waals surface area (Å²) in [6, 6.07) is 6.07. The summed E-state index contributed by atoms with van der Waals surface area (Å²) in [5, 5.41) is 8.56. The van der Waals surface area contributed by atoms with E-state index in [1.807, 2.05) is 26.0 Å². The van der Waals surface area contributed by atoms with E-state index in [0.717, 1.165) is 23.3 Å². The number of aryl methyl sites for hydroxylation is 1. The maximum Gasteiger partial charge on any atom is 0.303 e. The average molecular weight is 248 g/mol. The zero-order chi connectivity index (χ0) is 13.5. The Bertz CT molecular complexity index is 447. The van der Waals surface area contributed by atoms with Gasteiger partial charge in [-0.05, 0) is 55.5 Å². The molecular formula is C15H20O3. The highest BCUT2D eigenvalue weighted by molar-refractivity contribution is 5.67. The molecule has 1 N–H and O–H groups in total. The number of carbonyl (C=O) groups is 1. The van der Waals surface area contributed by atoms with Crippen molar-refractivity contribution in [1.82, 2.24) is 0 Å². The average Bonchev–Trinajstić information content (AvgIpc) is 2.34. The van der Waals surface area contributed by atoms with Gasteiger partial charge in [-0.1, -0.05) is 12.1 Å². The smallest absolute Gasteiger partial charge is 0.303 e. The molecule has 0 atom stereocenters. The molecule has 0 spiro atoms. The van der Waals surface area contributed by atoms with Crippen LogP contribution in [-0.4, -0.2) is 18.2 Å². The van der Waals surface area contributed by atoms with E-state index >= 15 is 0 Å². The Balaban J connectivity index is 2.65. The van der Waals surface area contributed by atoms with Crippen molar-refractivity contribution < 1.29 is 14.6 Å². The van der Waals surface area contributed by atoms with Crippen molar-refractivity contribution in [3.63, 3.8) is 0 Å². The van der Waals surface area contributed by atoms with Crippen LogP contribution in [0.15, 0.2) is 24.3 Å². The fourth-order valence-corrected chi connectivity index (χ4v) is 1.81. The van der Waals surface area contributed by atoms with Crippen LogP contribution in [0, 0.1) is 6.92 Å². The summed E-state index contributed by atoms with van der Waals surface area (Å²) in [6.45, 7) is 4.06. The third kappa shape index (κ3) is 4.24. The van der Waals surface area contributed by atoms with E-state index in [4.69, 9.17) is 9.84 Å². The molecule has 1 aromatic carbocycles. The number of unbranched alkanes of at least 4 members (excludes halogenated alkanes) is 1. The van der Waals surface area contributed by atoms with Crippen molar-refractivity contribution in [3.8, 4) is 5.75 Å². The molecule has 0 amide bonds. The van der Waals surface area contributed by atoms with Gasteiger partial charge in [0.25, 0.3) is 0 Å². The molecule has 0 saturated heterocycles. The fourth-order valence-electron chi connectivity index (χ4n) is 1.81. The van der Waals surface area contributed by atoms with Crippen LogP contribution >= 0.6 is 0 Å². The summed E-state index contributed by atoms with van der Waals surface area (Å²) in [4.78, 5) is 10.4. The minimum absolute atomic E-state index is 0.228. The Hall–Kier alpha value is -1.77. The second-order valence-electron chi connectivity index (χ2n) is 4.36. The van der Waals surface area contributed by atoms with Gasteiger partial charge in [-0.2, -0.15) is 0 Å². The first kappa shape index (κ1) is 14.3. The minimum atomic E-state index is -0.735. The molecule has 0 aliphatic heterocycles. The SMILES string of the molecule is COc1ccc(/C(C)=C/CCCC(=O)O)cc1C. The number of aliphatic carboxylic acids is 1. The minimum Gasteiger partial charge on any atom is -0.496 e. The van der Waals surface area contributed by atoms with Gasteiger partial charge in [-0.15, -0.1) is 0 Å². The number of methoxy groups -OCH3 is 1. The van der Waals surface area contributed by atoms with E-state index in [1.165, 1.54) is 5.57 Å². The first-order valence-corrected chi connectivity index (χ1v) is 6.08. The van der Waals surface area contributed by atoms with Crippen molar-refractivity contribution in [3.05, 3.63) is 35.4 Å². The molecule has 1 aromatic rings. The van der Waals surface area contributed by atoms with Crippen molar-refractivity contribution >= 4 is 11.5 Å². The van der Waals surface area contributed by atoms with Crippen LogP contribution in [-0.2, 0) is 4.79 Å². The van der Waals surface area contributed by atoms with Gasteiger partial charge >= 0.3 is 5.97 Å². The third-order valence-electron chi connectivity index (χ3n) is 2.90. The number of hydrogen-bond donors (Lipinski definition) is 1. The molecule has 3 nitrogen and oxygen atoms in total. The Morgan fingerprint density at radius 1 is 1.44 bits per heavy atom. The molecule has 0 aliphatic carbocycles. The summed E-state index contributed by atoms with van der Waals surface area (Å²) in [5.41, 5.74) is 3.43. The van der Waals surface area contributed by atoms with Gasteiger partial charge in [0.1, 0.15) is 5.75 Å². The standard InChI is InChI=1S/C15H20O3/c1-11(6-4-5-7-15(16)17)13-8-9-14(18-3)12(2)10-13/h6,8-10H,4-5,7H2,1-3H3,(H,16,17)/b11-6+. The monoisotopic (exact) mass is 248 g/mol.